The molecule has 0 bridgehead atoms. The van der Waals surface area contributed by atoms with Gasteiger partial charge in [-0.05, 0) is 55.8 Å². The summed E-state index contributed by atoms with van der Waals surface area (Å²) in [6.45, 7) is 3.81. The molecule has 0 aliphatic carbocycles. The fourth-order valence-electron chi connectivity index (χ4n) is 1.71. The molecule has 0 saturated heterocycles. The van der Waals surface area contributed by atoms with Gasteiger partial charge in [-0.2, -0.15) is 5.10 Å². The van der Waals surface area contributed by atoms with Crippen molar-refractivity contribution < 1.29 is 9.53 Å². The summed E-state index contributed by atoms with van der Waals surface area (Å²) in [5.41, 5.74) is 9.89. The van der Waals surface area contributed by atoms with E-state index in [-0.39, 0.29) is 0 Å². The van der Waals surface area contributed by atoms with Gasteiger partial charge in [0.15, 0.2) is 0 Å². The van der Waals surface area contributed by atoms with Crippen molar-refractivity contribution in [3.63, 3.8) is 0 Å². The van der Waals surface area contributed by atoms with Crippen LogP contribution in [0.5, 0.6) is 11.5 Å². The largest absolute Gasteiger partial charge is 0.457 e. The van der Waals surface area contributed by atoms with Crippen molar-refractivity contribution >= 4 is 11.7 Å². The summed E-state index contributed by atoms with van der Waals surface area (Å²) in [4.78, 5) is 10.6. The molecule has 3 N–H and O–H groups in total. The normalized spacial score (nSPS) is 11.0. The lowest BCUT2D eigenvalue weighted by Crippen LogP contribution is -2.25. The molecule has 0 aliphatic rings. The second-order valence-corrected chi connectivity index (χ2v) is 4.61. The lowest BCUT2D eigenvalue weighted by atomic mass is 10.1. The first-order valence-electron chi connectivity index (χ1n) is 6.49. The number of carbonyl (C=O) groups is 1. The number of amides is 2. The van der Waals surface area contributed by atoms with E-state index < -0.39 is 6.03 Å². The number of hydrogen-bond acceptors (Lipinski definition) is 3. The van der Waals surface area contributed by atoms with Gasteiger partial charge in [0.1, 0.15) is 11.5 Å². The molecule has 0 saturated carbocycles. The quantitative estimate of drug-likeness (QED) is 0.668. The molecule has 0 aromatic heterocycles. The van der Waals surface area contributed by atoms with Gasteiger partial charge in [0.25, 0.3) is 0 Å². The number of ether oxygens (including phenoxy) is 1. The molecule has 0 spiro atoms. The number of hydrazone groups is 1. The van der Waals surface area contributed by atoms with Crippen LogP contribution < -0.4 is 15.9 Å². The number of primary amides is 1. The van der Waals surface area contributed by atoms with Crippen LogP contribution in [0.3, 0.4) is 0 Å². The van der Waals surface area contributed by atoms with Crippen molar-refractivity contribution in [2.24, 2.45) is 10.8 Å². The lowest BCUT2D eigenvalue weighted by Gasteiger charge is -2.07. The topological polar surface area (TPSA) is 76.7 Å². The van der Waals surface area contributed by atoms with E-state index in [2.05, 4.69) is 10.5 Å². The van der Waals surface area contributed by atoms with Crippen LogP contribution >= 0.6 is 0 Å². The van der Waals surface area contributed by atoms with Gasteiger partial charge in [-0.25, -0.2) is 10.2 Å². The molecule has 0 unspecified atom stereocenters. The van der Waals surface area contributed by atoms with E-state index in [0.29, 0.717) is 5.71 Å². The van der Waals surface area contributed by atoms with Gasteiger partial charge in [0.2, 0.25) is 0 Å². The molecule has 0 aliphatic heterocycles. The SMILES string of the molecule is C/C(=N/NC(N)=O)c1ccc(Oc2ccc(C)cc2)cc1. The number of benzene rings is 2. The van der Waals surface area contributed by atoms with Crippen LogP contribution in [0, 0.1) is 6.92 Å². The highest BCUT2D eigenvalue weighted by Crippen LogP contribution is 2.22. The molecule has 21 heavy (non-hydrogen) atoms. The first-order valence-corrected chi connectivity index (χ1v) is 6.49. The van der Waals surface area contributed by atoms with Crippen molar-refractivity contribution in [1.82, 2.24) is 5.43 Å². The monoisotopic (exact) mass is 283 g/mol. The Kier molecular flexibility index (Phi) is 4.56. The van der Waals surface area contributed by atoms with E-state index in [1.165, 1.54) is 5.56 Å². The summed E-state index contributed by atoms with van der Waals surface area (Å²) in [5, 5.41) is 3.87. The van der Waals surface area contributed by atoms with Crippen LogP contribution in [0.15, 0.2) is 53.6 Å². The molecule has 2 aromatic carbocycles. The second kappa shape index (κ2) is 6.56. The Morgan fingerprint density at radius 3 is 2.10 bits per heavy atom. The summed E-state index contributed by atoms with van der Waals surface area (Å²) in [5.74, 6) is 1.52. The molecule has 0 atom stereocenters. The van der Waals surface area contributed by atoms with E-state index in [9.17, 15) is 4.79 Å². The van der Waals surface area contributed by atoms with E-state index in [1.54, 1.807) is 6.92 Å². The predicted octanol–water partition coefficient (Wildman–Crippen LogP) is 3.18. The number of nitrogens with one attached hydrogen (secondary N) is 1. The van der Waals surface area contributed by atoms with Crippen LogP contribution in [0.1, 0.15) is 18.1 Å². The van der Waals surface area contributed by atoms with Crippen molar-refractivity contribution in [3.05, 3.63) is 59.7 Å². The maximum absolute atomic E-state index is 10.6. The smallest absolute Gasteiger partial charge is 0.332 e. The second-order valence-electron chi connectivity index (χ2n) is 4.61. The molecule has 0 fully saturated rings. The molecular formula is C16H17N3O2. The van der Waals surface area contributed by atoms with Crippen LogP contribution in [0.4, 0.5) is 4.79 Å². The maximum atomic E-state index is 10.6. The molecule has 2 aromatic rings. The number of carbonyl (C=O) groups excluding carboxylic acids is 1. The minimum absolute atomic E-state index is 0.663. The number of nitrogens with two attached hydrogens (primary N) is 1. The molecule has 2 rings (SSSR count). The molecule has 108 valence electrons. The van der Waals surface area contributed by atoms with Gasteiger partial charge in [-0.15, -0.1) is 0 Å². The van der Waals surface area contributed by atoms with Crippen LogP contribution in [-0.4, -0.2) is 11.7 Å². The number of hydrogen-bond donors (Lipinski definition) is 2. The summed E-state index contributed by atoms with van der Waals surface area (Å²) >= 11 is 0. The molecule has 0 heterocycles. The Hall–Kier alpha value is -2.82. The highest BCUT2D eigenvalue weighted by atomic mass is 16.5. The Morgan fingerprint density at radius 2 is 1.57 bits per heavy atom. The van der Waals surface area contributed by atoms with Gasteiger partial charge in [0, 0.05) is 0 Å². The Morgan fingerprint density at radius 1 is 1.05 bits per heavy atom. The van der Waals surface area contributed by atoms with Crippen molar-refractivity contribution in [2.75, 3.05) is 0 Å². The lowest BCUT2D eigenvalue weighted by molar-refractivity contribution is 0.249. The van der Waals surface area contributed by atoms with Gasteiger partial charge < -0.3 is 10.5 Å². The van der Waals surface area contributed by atoms with Gasteiger partial charge in [0.05, 0.1) is 5.71 Å². The Bertz CT molecular complexity index is 646. The molecule has 2 amide bonds. The van der Waals surface area contributed by atoms with E-state index in [4.69, 9.17) is 10.5 Å². The number of rotatable bonds is 4. The Labute approximate surface area is 123 Å². The fraction of sp³-hybridized carbons (Fsp3) is 0.125. The van der Waals surface area contributed by atoms with Gasteiger partial charge in [-0.3, -0.25) is 0 Å². The molecule has 5 nitrogen and oxygen atoms in total. The zero-order chi connectivity index (χ0) is 15.2. The summed E-state index contributed by atoms with van der Waals surface area (Å²) < 4.78 is 5.74. The molecular weight excluding hydrogens is 266 g/mol. The van der Waals surface area contributed by atoms with Crippen molar-refractivity contribution in [1.29, 1.82) is 0 Å². The minimum Gasteiger partial charge on any atom is -0.457 e. The van der Waals surface area contributed by atoms with E-state index >= 15 is 0 Å². The van der Waals surface area contributed by atoms with Crippen molar-refractivity contribution in [2.45, 2.75) is 13.8 Å². The first kappa shape index (κ1) is 14.6. The van der Waals surface area contributed by atoms with Crippen LogP contribution in [0.2, 0.25) is 0 Å². The number of nitrogens with zero attached hydrogens (tertiary/aromatic N) is 1. The first-order chi connectivity index (χ1) is 10.0. The zero-order valence-electron chi connectivity index (χ0n) is 12.0. The zero-order valence-corrected chi connectivity index (χ0v) is 12.0. The summed E-state index contributed by atoms with van der Waals surface area (Å²) in [7, 11) is 0. The summed E-state index contributed by atoms with van der Waals surface area (Å²) in [6, 6.07) is 14.6. The van der Waals surface area contributed by atoms with Gasteiger partial charge >= 0.3 is 6.03 Å². The van der Waals surface area contributed by atoms with Crippen LogP contribution in [-0.2, 0) is 0 Å². The van der Waals surface area contributed by atoms with E-state index in [1.807, 2.05) is 55.5 Å². The van der Waals surface area contributed by atoms with E-state index in [0.717, 1.165) is 17.1 Å². The third-order valence-electron chi connectivity index (χ3n) is 2.86. The predicted molar refractivity (Wildman–Crippen MR) is 82.6 cm³/mol. The standard InChI is InChI=1S/C16H17N3O2/c1-11-3-7-14(8-4-11)21-15-9-5-13(6-10-15)12(2)18-19-16(17)20/h3-10H,1-2H3,(H3,17,19,20)/b18-12-. The third-order valence-corrected chi connectivity index (χ3v) is 2.86. The van der Waals surface area contributed by atoms with Crippen molar-refractivity contribution in [3.8, 4) is 11.5 Å². The Balaban J connectivity index is 2.06. The minimum atomic E-state index is -0.686. The van der Waals surface area contributed by atoms with Gasteiger partial charge in [-0.1, -0.05) is 17.7 Å². The molecule has 5 heteroatoms. The third kappa shape index (κ3) is 4.35. The maximum Gasteiger partial charge on any atom is 0.332 e. The number of urea groups is 1. The average Bonchev–Trinajstić information content (AvgIpc) is 2.48. The fourth-order valence-corrected chi connectivity index (χ4v) is 1.71. The number of aryl methyl sites for hydroxylation is 1. The van der Waals surface area contributed by atoms with Crippen LogP contribution in [0.25, 0.3) is 0 Å². The average molecular weight is 283 g/mol. The summed E-state index contributed by atoms with van der Waals surface area (Å²) in [6.07, 6.45) is 0. The molecule has 0 radical (unpaired) electrons. The highest BCUT2D eigenvalue weighted by Gasteiger charge is 2.01. The highest BCUT2D eigenvalue weighted by molar-refractivity contribution is 5.99.